The number of rotatable bonds is 5. The molecule has 2 heterocycles. The zero-order valence-electron chi connectivity index (χ0n) is 22.4. The highest BCUT2D eigenvalue weighted by Crippen LogP contribution is 2.58. The van der Waals surface area contributed by atoms with Crippen LogP contribution in [0.5, 0.6) is 0 Å². The van der Waals surface area contributed by atoms with Crippen molar-refractivity contribution in [2.75, 3.05) is 18.4 Å². The van der Waals surface area contributed by atoms with E-state index in [-0.39, 0.29) is 22.3 Å². The van der Waals surface area contributed by atoms with Crippen molar-refractivity contribution in [3.63, 3.8) is 0 Å². The molecule has 1 aliphatic heterocycles. The summed E-state index contributed by atoms with van der Waals surface area (Å²) in [5.74, 6) is -8.30. The van der Waals surface area contributed by atoms with Gasteiger partial charge >= 0.3 is 12.1 Å². The molecule has 0 bridgehead atoms. The van der Waals surface area contributed by atoms with E-state index in [1.165, 1.54) is 23.0 Å². The molecule has 0 radical (unpaired) electrons. The molecule has 42 heavy (non-hydrogen) atoms. The van der Waals surface area contributed by atoms with Crippen molar-refractivity contribution in [2.24, 2.45) is 18.9 Å². The van der Waals surface area contributed by atoms with E-state index in [0.717, 1.165) is 6.07 Å². The van der Waals surface area contributed by atoms with E-state index in [0.29, 0.717) is 23.4 Å². The van der Waals surface area contributed by atoms with Crippen molar-refractivity contribution < 1.29 is 46.1 Å². The van der Waals surface area contributed by atoms with E-state index in [1.54, 1.807) is 7.05 Å². The number of nitrogens with one attached hydrogen (secondary N) is 1. The maximum atomic E-state index is 15.5. The van der Waals surface area contributed by atoms with E-state index in [2.05, 4.69) is 10.3 Å². The lowest BCUT2D eigenvalue weighted by Crippen LogP contribution is -2.61. The molecule has 15 heteroatoms. The van der Waals surface area contributed by atoms with Crippen molar-refractivity contribution in [3.05, 3.63) is 46.8 Å². The first kappa shape index (κ1) is 30.6. The number of amides is 2. The Morgan fingerprint density at radius 1 is 1.05 bits per heavy atom. The quantitative estimate of drug-likeness (QED) is 0.421. The molecule has 1 saturated heterocycles. The molecule has 2 amide bonds. The first-order valence-electron chi connectivity index (χ1n) is 13.4. The second kappa shape index (κ2) is 10.4. The first-order valence-corrected chi connectivity index (χ1v) is 13.8. The Hall–Kier alpha value is -2.84. The molecule has 2 saturated carbocycles. The van der Waals surface area contributed by atoms with Gasteiger partial charge in [-0.15, -0.1) is 0 Å². The lowest BCUT2D eigenvalue weighted by Gasteiger charge is -2.42. The number of benzene rings is 1. The van der Waals surface area contributed by atoms with Crippen LogP contribution in [0.4, 0.5) is 32.0 Å². The number of aliphatic hydroxyl groups is 2. The summed E-state index contributed by atoms with van der Waals surface area (Å²) in [5.41, 5.74) is -4.82. The summed E-state index contributed by atoms with van der Waals surface area (Å²) >= 11 is 5.80. The van der Waals surface area contributed by atoms with Crippen LogP contribution in [0, 0.1) is 17.7 Å². The molecule has 0 spiro atoms. The fourth-order valence-corrected chi connectivity index (χ4v) is 6.87. The van der Waals surface area contributed by atoms with Crippen molar-refractivity contribution >= 4 is 29.1 Å². The maximum Gasteiger partial charge on any atom is 0.417 e. The number of anilines is 1. The number of halogens is 7. The minimum Gasteiger partial charge on any atom is -0.383 e. The van der Waals surface area contributed by atoms with Crippen LogP contribution in [-0.2, 0) is 11.8 Å². The highest BCUT2D eigenvalue weighted by molar-refractivity contribution is 6.31. The molecule has 2 aromatic rings. The second-order valence-electron chi connectivity index (χ2n) is 11.7. The molecule has 5 rings (SSSR count). The Morgan fingerprint density at radius 3 is 2.19 bits per heavy atom. The molecule has 2 atom stereocenters. The lowest BCUT2D eigenvalue weighted by atomic mass is 9.86. The summed E-state index contributed by atoms with van der Waals surface area (Å²) in [4.78, 5) is 30.8. The summed E-state index contributed by atoms with van der Waals surface area (Å²) in [5, 5.41) is 23.3. The Bertz CT molecular complexity index is 1380. The van der Waals surface area contributed by atoms with Crippen LogP contribution >= 0.6 is 11.6 Å². The molecule has 2 aliphatic carbocycles. The molecular weight excluding hydrogens is 594 g/mol. The van der Waals surface area contributed by atoms with Gasteiger partial charge in [-0.1, -0.05) is 11.6 Å². The summed E-state index contributed by atoms with van der Waals surface area (Å²) in [6, 6.07) is 3.71. The molecule has 2 unspecified atom stereocenters. The molecule has 1 aromatic heterocycles. The number of aromatic nitrogens is 2. The Balaban J connectivity index is 1.25. The van der Waals surface area contributed by atoms with Crippen LogP contribution < -0.4 is 5.32 Å². The zero-order chi connectivity index (χ0) is 30.8. The van der Waals surface area contributed by atoms with Crippen molar-refractivity contribution in [1.29, 1.82) is 0 Å². The van der Waals surface area contributed by atoms with Gasteiger partial charge in [0.1, 0.15) is 17.1 Å². The Morgan fingerprint density at radius 2 is 1.64 bits per heavy atom. The number of imidazole rings is 1. The van der Waals surface area contributed by atoms with Crippen molar-refractivity contribution in [1.82, 2.24) is 14.5 Å². The SMILES string of the molecule is Cn1cnc(C2CC3CC(O)(C(F)(F)C(=O)N4CCC(O)(C(F)(F)F)CC4)CC3C2)c1C(=O)Nc1ccc(F)c(Cl)c1. The molecule has 3 fully saturated rings. The Labute approximate surface area is 241 Å². The van der Waals surface area contributed by atoms with Crippen LogP contribution in [0.3, 0.4) is 0 Å². The van der Waals surface area contributed by atoms with E-state index >= 15 is 8.78 Å². The average molecular weight is 623 g/mol. The number of hydrogen-bond donors (Lipinski definition) is 3. The number of likely N-dealkylation sites (tertiary alicyclic amines) is 1. The van der Waals surface area contributed by atoms with Gasteiger partial charge in [0.25, 0.3) is 11.8 Å². The summed E-state index contributed by atoms with van der Waals surface area (Å²) in [6.45, 7) is -1.44. The number of carbonyl (C=O) groups excluding carboxylic acids is 2. The average Bonchev–Trinajstić information content (AvgIpc) is 3.57. The fourth-order valence-electron chi connectivity index (χ4n) is 6.69. The van der Waals surface area contributed by atoms with Gasteiger partial charge in [0.15, 0.2) is 5.60 Å². The summed E-state index contributed by atoms with van der Waals surface area (Å²) in [7, 11) is 1.61. The van der Waals surface area contributed by atoms with E-state index < -0.39 is 91.5 Å². The topological polar surface area (TPSA) is 108 Å². The molecule has 8 nitrogen and oxygen atoms in total. The molecule has 1 aromatic carbocycles. The highest BCUT2D eigenvalue weighted by Gasteiger charge is 2.66. The van der Waals surface area contributed by atoms with Crippen LogP contribution in [0.2, 0.25) is 5.02 Å². The van der Waals surface area contributed by atoms with E-state index in [9.17, 15) is 37.4 Å². The van der Waals surface area contributed by atoms with Crippen LogP contribution in [0.15, 0.2) is 24.5 Å². The number of alkyl halides is 5. The van der Waals surface area contributed by atoms with E-state index in [1.807, 2.05) is 0 Å². The normalized spacial score (nSPS) is 27.7. The zero-order valence-corrected chi connectivity index (χ0v) is 23.2. The van der Waals surface area contributed by atoms with E-state index in [4.69, 9.17) is 11.6 Å². The monoisotopic (exact) mass is 622 g/mol. The van der Waals surface area contributed by atoms with Gasteiger partial charge in [0, 0.05) is 44.6 Å². The van der Waals surface area contributed by atoms with Crippen LogP contribution in [0.25, 0.3) is 0 Å². The third-order valence-corrected chi connectivity index (χ3v) is 9.33. The number of fused-ring (bicyclic) bond motifs is 1. The van der Waals surface area contributed by atoms with Gasteiger partial charge in [-0.3, -0.25) is 9.59 Å². The molecule has 3 N–H and O–H groups in total. The van der Waals surface area contributed by atoms with Crippen LogP contribution in [-0.4, -0.2) is 72.9 Å². The second-order valence-corrected chi connectivity index (χ2v) is 12.1. The number of carbonyl (C=O) groups is 2. The molecule has 3 aliphatic rings. The number of hydrogen-bond acceptors (Lipinski definition) is 5. The molecule has 230 valence electrons. The van der Waals surface area contributed by atoms with Crippen molar-refractivity contribution in [3.8, 4) is 0 Å². The summed E-state index contributed by atoms with van der Waals surface area (Å²) in [6.07, 6.45) is -5.55. The van der Waals surface area contributed by atoms with Gasteiger partial charge < -0.3 is 25.0 Å². The van der Waals surface area contributed by atoms with Crippen molar-refractivity contribution in [2.45, 2.75) is 67.7 Å². The fraction of sp³-hybridized carbons (Fsp3) is 0.593. The Kier molecular flexibility index (Phi) is 7.58. The van der Waals surface area contributed by atoms with Crippen LogP contribution in [0.1, 0.15) is 60.6 Å². The predicted octanol–water partition coefficient (Wildman–Crippen LogP) is 4.65. The smallest absolute Gasteiger partial charge is 0.383 e. The highest BCUT2D eigenvalue weighted by atomic mass is 35.5. The number of aryl methyl sites for hydroxylation is 1. The van der Waals surface area contributed by atoms with Gasteiger partial charge in [-0.05, 0) is 55.7 Å². The lowest BCUT2D eigenvalue weighted by molar-refractivity contribution is -0.273. The first-order chi connectivity index (χ1) is 19.5. The van der Waals surface area contributed by atoms with Gasteiger partial charge in [-0.2, -0.15) is 22.0 Å². The third kappa shape index (κ3) is 5.15. The number of piperidine rings is 1. The minimum atomic E-state index is -4.95. The third-order valence-electron chi connectivity index (χ3n) is 9.04. The van der Waals surface area contributed by atoms with Gasteiger partial charge in [0.05, 0.1) is 17.0 Å². The predicted molar refractivity (Wildman–Crippen MR) is 137 cm³/mol. The maximum absolute atomic E-state index is 15.5. The van der Waals surface area contributed by atoms with Gasteiger partial charge in [-0.25, -0.2) is 9.37 Å². The summed E-state index contributed by atoms with van der Waals surface area (Å²) < 4.78 is 85.2. The molecular formula is C27H29ClF6N4O4. The largest absolute Gasteiger partial charge is 0.417 e. The standard InChI is InChI=1S/C27H29ClF6N4O4/c1-37-13-35-20(21(37)22(39)36-17-2-3-19(29)18(28)10-17)14-8-15-11-25(42,12-16(15)9-14)26(30,31)23(40)38-6-4-24(41,5-7-38)27(32,33)34/h2-3,10,13-16,41-42H,4-9,11-12H2,1H3,(H,36,39). The number of nitrogens with zero attached hydrogens (tertiary/aromatic N) is 3. The van der Waals surface area contributed by atoms with Gasteiger partial charge in [0.2, 0.25) is 0 Å². The minimum absolute atomic E-state index is 0.174.